The van der Waals surface area contributed by atoms with E-state index in [0.717, 1.165) is 66.4 Å². The summed E-state index contributed by atoms with van der Waals surface area (Å²) < 4.78 is 19.6. The number of nitrogens with zero attached hydrogens (tertiary/aromatic N) is 4. The molecule has 9 heteroatoms. The lowest BCUT2D eigenvalue weighted by Gasteiger charge is -2.08. The fourth-order valence-corrected chi connectivity index (χ4v) is 5.19. The smallest absolute Gasteiger partial charge is 0.177 e. The van der Waals surface area contributed by atoms with Crippen LogP contribution in [0.25, 0.3) is 55.2 Å². The fourth-order valence-electron chi connectivity index (χ4n) is 4.45. The van der Waals surface area contributed by atoms with E-state index in [1.54, 1.807) is 24.7 Å². The highest BCUT2D eigenvalue weighted by Crippen LogP contribution is 2.35. The second kappa shape index (κ2) is 9.20. The number of nitrogens with one attached hydrogen (secondary N) is 2. The molecule has 0 amide bonds. The Morgan fingerprint density at radius 3 is 2.68 bits per heavy atom. The Hall–Kier alpha value is -4.89. The molecule has 7 aromatic rings. The van der Waals surface area contributed by atoms with Crippen LogP contribution in [-0.4, -0.2) is 30.1 Å². The molecule has 0 fully saturated rings. The van der Waals surface area contributed by atoms with Gasteiger partial charge < -0.3 is 9.72 Å². The first kappa shape index (κ1) is 22.3. The number of aromatic nitrogens is 6. The lowest BCUT2D eigenvalue weighted by Crippen LogP contribution is -1.96. The number of ether oxygens (including phenoxy) is 1. The highest BCUT2D eigenvalue weighted by molar-refractivity contribution is 7.13. The molecule has 0 aliphatic carbocycles. The second-order valence-electron chi connectivity index (χ2n) is 8.76. The Bertz CT molecular complexity index is 1910. The van der Waals surface area contributed by atoms with Crippen molar-refractivity contribution in [3.8, 4) is 39.0 Å². The van der Waals surface area contributed by atoms with Crippen LogP contribution in [0.4, 0.5) is 4.39 Å². The predicted octanol–water partition coefficient (Wildman–Crippen LogP) is 7.01. The van der Waals surface area contributed by atoms with Crippen LogP contribution in [0.5, 0.6) is 5.75 Å². The molecule has 2 N–H and O–H groups in total. The molecule has 7 nitrogen and oxygen atoms in total. The van der Waals surface area contributed by atoms with Crippen LogP contribution in [0.3, 0.4) is 0 Å². The molecule has 7 rings (SSSR count). The van der Waals surface area contributed by atoms with Crippen LogP contribution in [0.1, 0.15) is 5.56 Å². The highest BCUT2D eigenvalue weighted by Gasteiger charge is 2.17. The van der Waals surface area contributed by atoms with Crippen molar-refractivity contribution in [2.24, 2.45) is 0 Å². The maximum atomic E-state index is 13.7. The van der Waals surface area contributed by atoms with Gasteiger partial charge in [-0.1, -0.05) is 30.3 Å². The zero-order chi connectivity index (χ0) is 25.5. The van der Waals surface area contributed by atoms with Crippen molar-refractivity contribution < 1.29 is 9.13 Å². The third-order valence-corrected chi connectivity index (χ3v) is 7.16. The van der Waals surface area contributed by atoms with E-state index in [-0.39, 0.29) is 5.13 Å². The van der Waals surface area contributed by atoms with Crippen LogP contribution in [0.2, 0.25) is 0 Å². The van der Waals surface area contributed by atoms with Crippen LogP contribution >= 0.6 is 11.3 Å². The summed E-state index contributed by atoms with van der Waals surface area (Å²) in [7, 11) is 0. The minimum Gasteiger partial charge on any atom is -0.487 e. The molecule has 0 saturated heterocycles. The van der Waals surface area contributed by atoms with Gasteiger partial charge in [-0.05, 0) is 48.0 Å². The molecular weight excluding hydrogens is 499 g/mol. The third kappa shape index (κ3) is 4.08. The Morgan fingerprint density at radius 1 is 0.895 bits per heavy atom. The van der Waals surface area contributed by atoms with Crippen molar-refractivity contribution in [1.29, 1.82) is 0 Å². The lowest BCUT2D eigenvalue weighted by atomic mass is 10.1. The predicted molar refractivity (Wildman–Crippen MR) is 146 cm³/mol. The van der Waals surface area contributed by atoms with Gasteiger partial charge in [-0.15, -0.1) is 11.3 Å². The summed E-state index contributed by atoms with van der Waals surface area (Å²) in [6.45, 7) is 0.458. The normalized spacial score (nSPS) is 11.4. The van der Waals surface area contributed by atoms with Gasteiger partial charge in [-0.2, -0.15) is 9.49 Å². The summed E-state index contributed by atoms with van der Waals surface area (Å²) in [5.41, 5.74) is 7.31. The number of H-pyrrole nitrogens is 2. The van der Waals surface area contributed by atoms with Crippen molar-refractivity contribution in [3.05, 3.63) is 102 Å². The van der Waals surface area contributed by atoms with Gasteiger partial charge in [0.05, 0.1) is 33.7 Å². The van der Waals surface area contributed by atoms with Gasteiger partial charge in [-0.3, -0.25) is 15.1 Å². The summed E-state index contributed by atoms with van der Waals surface area (Å²) in [6, 6.07) is 22.9. The first-order valence-corrected chi connectivity index (χ1v) is 12.7. The molecule has 0 atom stereocenters. The summed E-state index contributed by atoms with van der Waals surface area (Å²) in [4.78, 5) is 18.0. The topological polar surface area (TPSA) is 92.4 Å². The van der Waals surface area contributed by atoms with E-state index in [1.807, 2.05) is 60.7 Å². The Balaban J connectivity index is 1.24. The van der Waals surface area contributed by atoms with E-state index in [0.29, 0.717) is 18.1 Å². The number of pyridine rings is 3. The van der Waals surface area contributed by atoms with Crippen molar-refractivity contribution in [1.82, 2.24) is 30.1 Å². The van der Waals surface area contributed by atoms with E-state index >= 15 is 0 Å². The summed E-state index contributed by atoms with van der Waals surface area (Å²) in [6.07, 6.45) is 5.18. The molecular formula is C29H19FN6OS. The number of hydrogen-bond acceptors (Lipinski definition) is 6. The van der Waals surface area contributed by atoms with Gasteiger partial charge in [0, 0.05) is 28.9 Å². The number of thiophene rings is 1. The van der Waals surface area contributed by atoms with Gasteiger partial charge in [0.15, 0.2) is 5.13 Å². The molecule has 0 spiro atoms. The highest BCUT2D eigenvalue weighted by atomic mass is 32.1. The maximum absolute atomic E-state index is 13.7. The second-order valence-corrected chi connectivity index (χ2v) is 9.79. The van der Waals surface area contributed by atoms with E-state index in [1.165, 1.54) is 6.07 Å². The van der Waals surface area contributed by atoms with E-state index in [2.05, 4.69) is 25.1 Å². The van der Waals surface area contributed by atoms with Crippen molar-refractivity contribution in [3.63, 3.8) is 0 Å². The molecule has 6 aromatic heterocycles. The van der Waals surface area contributed by atoms with Crippen LogP contribution in [0.15, 0.2) is 91.4 Å². The number of aromatic amines is 2. The largest absolute Gasteiger partial charge is 0.487 e. The average molecular weight is 519 g/mol. The standard InChI is InChI=1S/C29H19FN6OS/c30-26-9-8-25(38-26)27-20-13-24(33-22(20)10-11-32-27)29-28-23(35-36-29)7-6-21(34-28)18-12-19(15-31-14-18)37-16-17-4-2-1-3-5-17/h1-15,33H,16H2,(H,35,36). The molecule has 38 heavy (non-hydrogen) atoms. The van der Waals surface area contributed by atoms with Crippen LogP contribution < -0.4 is 4.74 Å². The van der Waals surface area contributed by atoms with Crippen LogP contribution in [-0.2, 0) is 6.61 Å². The fraction of sp³-hybridized carbons (Fsp3) is 0.0345. The lowest BCUT2D eigenvalue weighted by molar-refractivity contribution is 0.305. The third-order valence-electron chi connectivity index (χ3n) is 6.27. The number of benzene rings is 1. The molecule has 0 unspecified atom stereocenters. The van der Waals surface area contributed by atoms with Gasteiger partial charge in [0.25, 0.3) is 0 Å². The first-order valence-electron chi connectivity index (χ1n) is 11.9. The monoisotopic (exact) mass is 518 g/mol. The van der Waals surface area contributed by atoms with Crippen molar-refractivity contribution in [2.45, 2.75) is 6.61 Å². The average Bonchev–Trinajstić information content (AvgIpc) is 3.70. The van der Waals surface area contributed by atoms with Gasteiger partial charge in [0.2, 0.25) is 0 Å². The summed E-state index contributed by atoms with van der Waals surface area (Å²) in [5.74, 6) is 0.668. The zero-order valence-electron chi connectivity index (χ0n) is 19.9. The molecule has 1 aromatic carbocycles. The van der Waals surface area contributed by atoms with Crippen molar-refractivity contribution in [2.75, 3.05) is 0 Å². The van der Waals surface area contributed by atoms with E-state index in [9.17, 15) is 4.39 Å². The number of fused-ring (bicyclic) bond motifs is 2. The minimum atomic E-state index is -0.242. The van der Waals surface area contributed by atoms with Crippen molar-refractivity contribution >= 4 is 33.3 Å². The van der Waals surface area contributed by atoms with E-state index < -0.39 is 0 Å². The first-order chi connectivity index (χ1) is 18.7. The number of rotatable bonds is 6. The maximum Gasteiger partial charge on any atom is 0.177 e. The SMILES string of the molecule is Fc1ccc(-c2nccc3[nH]c(-c4n[nH]c5ccc(-c6cncc(OCc7ccccc7)c6)nc45)cc23)s1. The summed E-state index contributed by atoms with van der Waals surface area (Å²) >= 11 is 1.07. The zero-order valence-corrected chi connectivity index (χ0v) is 20.7. The molecule has 0 aliphatic heterocycles. The number of hydrogen-bond donors (Lipinski definition) is 2. The Morgan fingerprint density at radius 2 is 1.82 bits per heavy atom. The van der Waals surface area contributed by atoms with Gasteiger partial charge in [-0.25, -0.2) is 4.98 Å². The van der Waals surface area contributed by atoms with Crippen LogP contribution in [0, 0.1) is 5.13 Å². The molecule has 0 bridgehead atoms. The number of halogens is 1. The van der Waals surface area contributed by atoms with Gasteiger partial charge >= 0.3 is 0 Å². The summed E-state index contributed by atoms with van der Waals surface area (Å²) in [5, 5.41) is 8.27. The Kier molecular flexibility index (Phi) is 5.41. The molecule has 0 saturated carbocycles. The van der Waals surface area contributed by atoms with Gasteiger partial charge in [0.1, 0.15) is 23.6 Å². The molecule has 184 valence electrons. The molecule has 0 aliphatic rings. The minimum absolute atomic E-state index is 0.242. The molecule has 6 heterocycles. The molecule has 0 radical (unpaired) electrons. The quantitative estimate of drug-likeness (QED) is 0.247. The van der Waals surface area contributed by atoms with E-state index in [4.69, 9.17) is 9.72 Å². The Labute approximate surface area is 220 Å².